The number of carboxylic acids is 1. The van der Waals surface area contributed by atoms with Crippen LogP contribution in [-0.2, 0) is 14.3 Å². The van der Waals surface area contributed by atoms with Crippen LogP contribution >= 0.6 is 0 Å². The van der Waals surface area contributed by atoms with Crippen LogP contribution in [0.2, 0.25) is 0 Å². The number of esters is 1. The summed E-state index contributed by atoms with van der Waals surface area (Å²) in [5.74, 6) is -0.280. The Morgan fingerprint density at radius 3 is 2.75 bits per heavy atom. The number of allylic oxidation sites excluding steroid dienone is 1. The highest BCUT2D eigenvalue weighted by Crippen LogP contribution is 2.62. The van der Waals surface area contributed by atoms with E-state index < -0.39 is 11.4 Å². The van der Waals surface area contributed by atoms with Gasteiger partial charge in [0.15, 0.2) is 0 Å². The normalized spacial score (nSPS) is 38.9. The second kappa shape index (κ2) is 6.05. The van der Waals surface area contributed by atoms with E-state index in [0.29, 0.717) is 18.9 Å². The summed E-state index contributed by atoms with van der Waals surface area (Å²) >= 11 is 0. The van der Waals surface area contributed by atoms with E-state index in [1.165, 1.54) is 0 Å². The average Bonchev–Trinajstić information content (AvgIpc) is 2.95. The smallest absolute Gasteiger partial charge is 0.334 e. The fourth-order valence-electron chi connectivity index (χ4n) is 5.40. The average molecular weight is 332 g/mol. The Kier molecular flexibility index (Phi) is 4.35. The Bertz CT molecular complexity index is 617. The summed E-state index contributed by atoms with van der Waals surface area (Å²) in [6.07, 6.45) is 9.07. The fraction of sp³-hybridized carbons (Fsp3) is 0.700. The van der Waals surface area contributed by atoms with Gasteiger partial charge in [0, 0.05) is 5.57 Å². The maximum Gasteiger partial charge on any atom is 0.334 e. The third-order valence-corrected chi connectivity index (χ3v) is 7.22. The molecule has 0 amide bonds. The predicted octanol–water partition coefficient (Wildman–Crippen LogP) is 4.11. The van der Waals surface area contributed by atoms with E-state index in [0.717, 1.165) is 43.3 Å². The molecular weight excluding hydrogens is 304 g/mol. The minimum Gasteiger partial charge on any atom is -0.481 e. The van der Waals surface area contributed by atoms with E-state index in [1.807, 2.05) is 13.0 Å². The zero-order chi connectivity index (χ0) is 17.5. The topological polar surface area (TPSA) is 63.6 Å². The molecule has 1 N–H and O–H groups in total. The molecule has 132 valence electrons. The third kappa shape index (κ3) is 2.42. The molecule has 0 spiro atoms. The molecule has 24 heavy (non-hydrogen) atoms. The second-order valence-electron chi connectivity index (χ2n) is 8.07. The van der Waals surface area contributed by atoms with Crippen LogP contribution in [0, 0.1) is 22.7 Å². The van der Waals surface area contributed by atoms with Crippen LogP contribution in [-0.4, -0.2) is 23.7 Å². The molecule has 0 bridgehead atoms. The van der Waals surface area contributed by atoms with Crippen molar-refractivity contribution in [2.24, 2.45) is 22.7 Å². The van der Waals surface area contributed by atoms with Gasteiger partial charge in [-0.2, -0.15) is 0 Å². The molecule has 0 radical (unpaired) electrons. The summed E-state index contributed by atoms with van der Waals surface area (Å²) in [6.45, 7) is 6.87. The molecule has 2 aliphatic carbocycles. The van der Waals surface area contributed by atoms with Crippen LogP contribution in [0.25, 0.3) is 0 Å². The maximum atomic E-state index is 12.3. The standard InChI is InChI=1S/C20H28O4/c1-13-7-11-20(18(22)23)14(2)5-4-6-16(20)19(13,3)10-8-15-9-12-24-17(15)21/h5,9,13,16H,4,6-8,10-12H2,1-3H3,(H,22,23). The maximum absolute atomic E-state index is 12.3. The first-order chi connectivity index (χ1) is 11.3. The monoisotopic (exact) mass is 332 g/mol. The lowest BCUT2D eigenvalue weighted by atomic mass is 9.46. The van der Waals surface area contributed by atoms with Crippen molar-refractivity contribution < 1.29 is 19.4 Å². The second-order valence-corrected chi connectivity index (χ2v) is 8.07. The number of carbonyl (C=O) groups excluding carboxylic acids is 1. The molecule has 3 aliphatic rings. The number of carbonyl (C=O) groups is 2. The van der Waals surface area contributed by atoms with Crippen molar-refractivity contribution in [3.63, 3.8) is 0 Å². The molecule has 0 aromatic rings. The Balaban J connectivity index is 1.91. The van der Waals surface area contributed by atoms with Crippen LogP contribution < -0.4 is 0 Å². The highest BCUT2D eigenvalue weighted by atomic mass is 16.5. The number of cyclic esters (lactones) is 1. The van der Waals surface area contributed by atoms with Gasteiger partial charge < -0.3 is 9.84 Å². The highest BCUT2D eigenvalue weighted by Gasteiger charge is 2.59. The first-order valence-corrected chi connectivity index (χ1v) is 9.09. The SMILES string of the molecule is CC1=CCCC2C1(C(=O)O)CCC(C)C2(C)CCC1=CCOC1=O. The van der Waals surface area contributed by atoms with Crippen molar-refractivity contribution in [3.8, 4) is 0 Å². The van der Waals surface area contributed by atoms with Crippen molar-refractivity contribution in [3.05, 3.63) is 23.3 Å². The summed E-state index contributed by atoms with van der Waals surface area (Å²) in [4.78, 5) is 24.0. The quantitative estimate of drug-likeness (QED) is 0.621. The van der Waals surface area contributed by atoms with Crippen molar-refractivity contribution >= 4 is 11.9 Å². The number of fused-ring (bicyclic) bond motifs is 1. The van der Waals surface area contributed by atoms with Gasteiger partial charge in [-0.3, -0.25) is 4.79 Å². The number of aliphatic carboxylic acids is 1. The van der Waals surface area contributed by atoms with Crippen molar-refractivity contribution in [1.29, 1.82) is 0 Å². The van der Waals surface area contributed by atoms with Gasteiger partial charge in [0.1, 0.15) is 6.61 Å². The molecule has 1 saturated carbocycles. The Morgan fingerprint density at radius 1 is 1.38 bits per heavy atom. The summed E-state index contributed by atoms with van der Waals surface area (Å²) in [7, 11) is 0. The molecule has 0 aromatic heterocycles. The van der Waals surface area contributed by atoms with Gasteiger partial charge >= 0.3 is 11.9 Å². The zero-order valence-electron chi connectivity index (χ0n) is 14.9. The van der Waals surface area contributed by atoms with E-state index in [2.05, 4.69) is 19.9 Å². The minimum atomic E-state index is -0.718. The van der Waals surface area contributed by atoms with Gasteiger partial charge in [-0.1, -0.05) is 25.5 Å². The van der Waals surface area contributed by atoms with Crippen LogP contribution in [0.1, 0.15) is 59.3 Å². The molecule has 1 aliphatic heterocycles. The van der Waals surface area contributed by atoms with Gasteiger partial charge in [0.05, 0.1) is 5.41 Å². The third-order valence-electron chi connectivity index (χ3n) is 7.22. The fourth-order valence-corrected chi connectivity index (χ4v) is 5.40. The number of hydrogen-bond donors (Lipinski definition) is 1. The Labute approximate surface area is 144 Å². The van der Waals surface area contributed by atoms with Crippen LogP contribution in [0.4, 0.5) is 0 Å². The van der Waals surface area contributed by atoms with E-state index >= 15 is 0 Å². The number of carboxylic acid groups (broad SMARTS) is 1. The summed E-state index contributed by atoms with van der Waals surface area (Å²) in [6, 6.07) is 0. The molecule has 0 saturated heterocycles. The molecule has 4 unspecified atom stereocenters. The van der Waals surface area contributed by atoms with Gasteiger partial charge in [-0.25, -0.2) is 4.79 Å². The lowest BCUT2D eigenvalue weighted by molar-refractivity contribution is -0.162. The van der Waals surface area contributed by atoms with Gasteiger partial charge in [0.25, 0.3) is 0 Å². The Hall–Kier alpha value is -1.58. The van der Waals surface area contributed by atoms with Crippen molar-refractivity contribution in [1.82, 2.24) is 0 Å². The number of ether oxygens (including phenoxy) is 1. The van der Waals surface area contributed by atoms with Crippen LogP contribution in [0.15, 0.2) is 23.3 Å². The van der Waals surface area contributed by atoms with E-state index in [-0.39, 0.29) is 17.3 Å². The van der Waals surface area contributed by atoms with E-state index in [4.69, 9.17) is 4.74 Å². The van der Waals surface area contributed by atoms with Crippen LogP contribution in [0.5, 0.6) is 0 Å². The number of rotatable bonds is 4. The number of hydrogen-bond acceptors (Lipinski definition) is 3. The van der Waals surface area contributed by atoms with Gasteiger partial charge in [0.2, 0.25) is 0 Å². The molecule has 4 heteroatoms. The summed E-state index contributed by atoms with van der Waals surface area (Å²) in [5, 5.41) is 10.1. The molecule has 0 aromatic carbocycles. The molecule has 1 fully saturated rings. The predicted molar refractivity (Wildman–Crippen MR) is 91.3 cm³/mol. The molecule has 4 nitrogen and oxygen atoms in total. The lowest BCUT2D eigenvalue weighted by Crippen LogP contribution is -2.54. The van der Waals surface area contributed by atoms with E-state index in [1.54, 1.807) is 0 Å². The zero-order valence-corrected chi connectivity index (χ0v) is 14.9. The first-order valence-electron chi connectivity index (χ1n) is 9.09. The summed E-state index contributed by atoms with van der Waals surface area (Å²) in [5.41, 5.74) is 1.00. The largest absolute Gasteiger partial charge is 0.481 e. The van der Waals surface area contributed by atoms with Crippen molar-refractivity contribution in [2.45, 2.75) is 59.3 Å². The van der Waals surface area contributed by atoms with Gasteiger partial charge in [-0.05, 0) is 68.8 Å². The lowest BCUT2D eigenvalue weighted by Gasteiger charge is -2.57. The van der Waals surface area contributed by atoms with Crippen LogP contribution in [0.3, 0.4) is 0 Å². The van der Waals surface area contributed by atoms with Gasteiger partial charge in [-0.15, -0.1) is 0 Å². The Morgan fingerprint density at radius 2 is 2.12 bits per heavy atom. The first kappa shape index (κ1) is 17.2. The van der Waals surface area contributed by atoms with E-state index in [9.17, 15) is 14.7 Å². The molecular formula is C20H28O4. The molecule has 3 rings (SSSR count). The highest BCUT2D eigenvalue weighted by molar-refractivity contribution is 5.90. The minimum absolute atomic E-state index is 0.0735. The summed E-state index contributed by atoms with van der Waals surface area (Å²) < 4.78 is 5.01. The van der Waals surface area contributed by atoms with Crippen molar-refractivity contribution in [2.75, 3.05) is 6.61 Å². The molecule has 1 heterocycles. The molecule has 4 atom stereocenters.